The van der Waals surface area contributed by atoms with Gasteiger partial charge in [-0.1, -0.05) is 12.1 Å². The smallest absolute Gasteiger partial charge is 0.286 e. The lowest BCUT2D eigenvalue weighted by Crippen LogP contribution is -3.05. The van der Waals surface area contributed by atoms with E-state index >= 15 is 0 Å². The zero-order valence-corrected chi connectivity index (χ0v) is 12.7. The van der Waals surface area contributed by atoms with Crippen molar-refractivity contribution in [2.24, 2.45) is 0 Å². The van der Waals surface area contributed by atoms with Gasteiger partial charge in [0.05, 0.1) is 14.1 Å². The molecule has 0 aliphatic rings. The van der Waals surface area contributed by atoms with E-state index in [1.54, 1.807) is 4.90 Å². The average molecular weight is 267 g/mol. The van der Waals surface area contributed by atoms with E-state index in [0.717, 1.165) is 11.4 Å². The van der Waals surface area contributed by atoms with Crippen LogP contribution in [-0.4, -0.2) is 37.8 Å². The molecule has 1 N–H and O–H groups in total. The van der Waals surface area contributed by atoms with Crippen molar-refractivity contribution in [1.82, 2.24) is 4.90 Å². The van der Waals surface area contributed by atoms with E-state index in [4.69, 9.17) is 0 Å². The van der Waals surface area contributed by atoms with Crippen LogP contribution in [0.3, 0.4) is 0 Å². The molecule has 0 bridgehead atoms. The number of carbonyl (C=O) groups excluding carboxylic acids is 1. The molecule has 0 aliphatic carbocycles. The van der Waals surface area contributed by atoms with Crippen molar-refractivity contribution < 1.29 is 9.69 Å². The van der Waals surface area contributed by atoms with E-state index < -0.39 is 0 Å². The molecule has 0 radical (unpaired) electrons. The van der Waals surface area contributed by atoms with E-state index in [0.29, 0.717) is 6.04 Å². The van der Waals surface area contributed by atoms with Crippen LogP contribution < -0.4 is 4.90 Å². The Kier molecular flexibility index (Phi) is 5.69. The fourth-order valence-corrected chi connectivity index (χ4v) is 2.32. The summed E-state index contributed by atoms with van der Waals surface area (Å²) in [6, 6.07) is 8.69. The third kappa shape index (κ3) is 4.03. The number of nitrogens with zero attached hydrogens (tertiary/aromatic N) is 1. The molecule has 0 saturated carbocycles. The summed E-state index contributed by atoms with van der Waals surface area (Å²) in [6.07, 6.45) is 0. The summed E-state index contributed by atoms with van der Waals surface area (Å²) in [4.78, 5) is 16.0. The standard InChI is InChI=1S/C14H22N2OS/c1-6-16(5)14(17)18-13-9-7-8-12(10-13)11(2)15(3)4/h7-11H,6H2,1-5H3/p+1. The van der Waals surface area contributed by atoms with Crippen molar-refractivity contribution in [3.8, 4) is 0 Å². The SMILES string of the molecule is CCN(C)C(=O)Sc1cccc(C(C)[NH+](C)C)c1. The molecule has 1 unspecified atom stereocenters. The average Bonchev–Trinajstić information content (AvgIpc) is 2.36. The van der Waals surface area contributed by atoms with Gasteiger partial charge in [0.15, 0.2) is 0 Å². The summed E-state index contributed by atoms with van der Waals surface area (Å²) in [5.74, 6) is 0. The largest absolute Gasteiger partial charge is 0.337 e. The van der Waals surface area contributed by atoms with E-state index in [-0.39, 0.29) is 5.24 Å². The molecular formula is C14H23N2OS+. The highest BCUT2D eigenvalue weighted by atomic mass is 32.2. The zero-order chi connectivity index (χ0) is 13.7. The van der Waals surface area contributed by atoms with Gasteiger partial charge < -0.3 is 9.80 Å². The van der Waals surface area contributed by atoms with Gasteiger partial charge in [-0.05, 0) is 37.7 Å². The van der Waals surface area contributed by atoms with Crippen molar-refractivity contribution in [3.05, 3.63) is 29.8 Å². The summed E-state index contributed by atoms with van der Waals surface area (Å²) < 4.78 is 0. The summed E-state index contributed by atoms with van der Waals surface area (Å²) in [6.45, 7) is 4.91. The molecule has 1 rings (SSSR count). The van der Waals surface area contributed by atoms with Crippen LogP contribution in [0.5, 0.6) is 0 Å². The molecule has 18 heavy (non-hydrogen) atoms. The van der Waals surface area contributed by atoms with E-state index in [1.807, 2.05) is 26.1 Å². The molecule has 3 nitrogen and oxygen atoms in total. The maximum Gasteiger partial charge on any atom is 0.286 e. The predicted molar refractivity (Wildman–Crippen MR) is 77.2 cm³/mol. The van der Waals surface area contributed by atoms with Crippen molar-refractivity contribution >= 4 is 17.0 Å². The summed E-state index contributed by atoms with van der Waals surface area (Å²) in [5.41, 5.74) is 1.27. The van der Waals surface area contributed by atoms with Crippen molar-refractivity contribution in [3.63, 3.8) is 0 Å². The fourth-order valence-electron chi connectivity index (χ4n) is 1.49. The maximum absolute atomic E-state index is 11.8. The Balaban J connectivity index is 2.80. The second-order valence-corrected chi connectivity index (χ2v) is 5.78. The summed E-state index contributed by atoms with van der Waals surface area (Å²) >= 11 is 1.30. The Labute approximate surface area is 114 Å². The molecular weight excluding hydrogens is 244 g/mol. The molecule has 0 aliphatic heterocycles. The minimum Gasteiger partial charge on any atom is -0.337 e. The minimum atomic E-state index is 0.0968. The normalized spacial score (nSPS) is 12.6. The number of amides is 1. The molecule has 0 heterocycles. The van der Waals surface area contributed by atoms with Crippen LogP contribution in [0.2, 0.25) is 0 Å². The summed E-state index contributed by atoms with van der Waals surface area (Å²) in [5, 5.41) is 0.0968. The Hall–Kier alpha value is -1.00. The van der Waals surface area contributed by atoms with E-state index in [1.165, 1.54) is 22.2 Å². The van der Waals surface area contributed by atoms with E-state index in [2.05, 4.69) is 33.2 Å². The van der Waals surface area contributed by atoms with Crippen molar-refractivity contribution in [1.29, 1.82) is 0 Å². The molecule has 0 aromatic heterocycles. The first-order chi connectivity index (χ1) is 8.45. The molecule has 4 heteroatoms. The Bertz CT molecular complexity index is 407. The zero-order valence-electron chi connectivity index (χ0n) is 11.9. The van der Waals surface area contributed by atoms with Crippen LogP contribution in [0.25, 0.3) is 0 Å². The number of hydrogen-bond acceptors (Lipinski definition) is 2. The third-order valence-electron chi connectivity index (χ3n) is 3.22. The first-order valence-electron chi connectivity index (χ1n) is 6.28. The van der Waals surface area contributed by atoms with Gasteiger partial charge in [-0.3, -0.25) is 4.79 Å². The highest BCUT2D eigenvalue weighted by molar-refractivity contribution is 8.13. The van der Waals surface area contributed by atoms with Gasteiger partial charge in [0, 0.05) is 24.1 Å². The van der Waals surface area contributed by atoms with Crippen molar-refractivity contribution in [2.75, 3.05) is 27.7 Å². The predicted octanol–water partition coefficient (Wildman–Crippen LogP) is 2.06. The molecule has 1 aromatic rings. The molecule has 1 amide bonds. The number of thioether (sulfide) groups is 1. The lowest BCUT2D eigenvalue weighted by molar-refractivity contribution is -0.890. The third-order valence-corrected chi connectivity index (χ3v) is 4.19. The second kappa shape index (κ2) is 6.81. The molecule has 1 aromatic carbocycles. The Morgan fingerprint density at radius 1 is 1.44 bits per heavy atom. The first-order valence-corrected chi connectivity index (χ1v) is 7.10. The number of carbonyl (C=O) groups is 1. The van der Waals surface area contributed by atoms with Crippen molar-refractivity contribution in [2.45, 2.75) is 24.8 Å². The number of quaternary nitrogens is 1. The van der Waals surface area contributed by atoms with Crippen LogP contribution in [-0.2, 0) is 0 Å². The van der Waals surface area contributed by atoms with Gasteiger partial charge in [0.2, 0.25) is 0 Å². The number of rotatable bonds is 4. The van der Waals surface area contributed by atoms with E-state index in [9.17, 15) is 4.79 Å². The van der Waals surface area contributed by atoms with Crippen LogP contribution in [0.4, 0.5) is 4.79 Å². The van der Waals surface area contributed by atoms with Crippen LogP contribution >= 0.6 is 11.8 Å². The highest BCUT2D eigenvalue weighted by Crippen LogP contribution is 2.23. The minimum absolute atomic E-state index is 0.0968. The van der Waals surface area contributed by atoms with Gasteiger partial charge >= 0.3 is 0 Å². The van der Waals surface area contributed by atoms with Gasteiger partial charge in [-0.25, -0.2) is 0 Å². The maximum atomic E-state index is 11.8. The van der Waals surface area contributed by atoms with Gasteiger partial charge in [-0.15, -0.1) is 0 Å². The van der Waals surface area contributed by atoms with Crippen LogP contribution in [0, 0.1) is 0 Å². The molecule has 1 atom stereocenters. The lowest BCUT2D eigenvalue weighted by atomic mass is 10.1. The highest BCUT2D eigenvalue weighted by Gasteiger charge is 2.13. The van der Waals surface area contributed by atoms with Crippen LogP contribution in [0.15, 0.2) is 29.2 Å². The lowest BCUT2D eigenvalue weighted by Gasteiger charge is -2.18. The monoisotopic (exact) mass is 267 g/mol. The van der Waals surface area contributed by atoms with Gasteiger partial charge in [0.25, 0.3) is 5.24 Å². The first kappa shape index (κ1) is 15.1. The number of benzene rings is 1. The quantitative estimate of drug-likeness (QED) is 0.845. The number of hydrogen-bond donors (Lipinski definition) is 1. The van der Waals surface area contributed by atoms with Crippen LogP contribution in [0.1, 0.15) is 25.5 Å². The Morgan fingerprint density at radius 3 is 2.67 bits per heavy atom. The number of nitrogens with one attached hydrogen (secondary N) is 1. The fraction of sp³-hybridized carbons (Fsp3) is 0.500. The molecule has 100 valence electrons. The molecule has 0 spiro atoms. The Morgan fingerprint density at radius 2 is 2.11 bits per heavy atom. The topological polar surface area (TPSA) is 24.8 Å². The molecule has 0 fully saturated rings. The van der Waals surface area contributed by atoms with Gasteiger partial charge in [0.1, 0.15) is 6.04 Å². The molecule has 0 saturated heterocycles. The van der Waals surface area contributed by atoms with Gasteiger partial charge in [-0.2, -0.15) is 0 Å². The second-order valence-electron chi connectivity index (χ2n) is 4.75. The summed E-state index contributed by atoms with van der Waals surface area (Å²) in [7, 11) is 6.10.